The number of carbonyl (C=O) groups excluding carboxylic acids is 1. The first-order valence-corrected chi connectivity index (χ1v) is 11.7. The Balaban J connectivity index is 2.29. The molecule has 0 heterocycles. The number of halogens is 3. The van der Waals surface area contributed by atoms with E-state index in [0.717, 1.165) is 56.2 Å². The summed E-state index contributed by atoms with van der Waals surface area (Å²) in [7, 11) is 0. The van der Waals surface area contributed by atoms with Gasteiger partial charge in [0.05, 0.1) is 5.56 Å². The van der Waals surface area contributed by atoms with Gasteiger partial charge in [0.15, 0.2) is 0 Å². The molecule has 0 aromatic heterocycles. The first-order valence-electron chi connectivity index (χ1n) is 11.7. The average Bonchev–Trinajstić information content (AvgIpc) is 2.73. The van der Waals surface area contributed by atoms with Gasteiger partial charge in [0.2, 0.25) is 0 Å². The van der Waals surface area contributed by atoms with Crippen molar-refractivity contribution in [3.8, 4) is 0 Å². The highest BCUT2D eigenvalue weighted by Crippen LogP contribution is 2.29. The minimum Gasteiger partial charge on any atom is -0.445 e. The molecule has 1 N–H and O–H groups in total. The normalized spacial score (nSPS) is 13.0. The number of carbonyl (C=O) groups is 1. The minimum absolute atomic E-state index is 0.109. The zero-order valence-electron chi connectivity index (χ0n) is 21.0. The van der Waals surface area contributed by atoms with Crippen molar-refractivity contribution in [3.63, 3.8) is 0 Å². The largest absolute Gasteiger partial charge is 0.445 e. The summed E-state index contributed by atoms with van der Waals surface area (Å²) in [4.78, 5) is 11.8. The quantitative estimate of drug-likeness (QED) is 0.305. The molecule has 0 radical (unpaired) electrons. The second-order valence-corrected chi connectivity index (χ2v) is 8.85. The summed E-state index contributed by atoms with van der Waals surface area (Å²) >= 11 is 0. The van der Waals surface area contributed by atoms with E-state index in [-0.39, 0.29) is 12.3 Å². The fraction of sp³-hybridized carbons (Fsp3) is 0.464. The lowest BCUT2D eigenvalue weighted by Crippen LogP contribution is -2.14. The molecule has 3 nitrogen and oxygen atoms in total. The van der Waals surface area contributed by atoms with E-state index in [2.05, 4.69) is 51.2 Å². The summed E-state index contributed by atoms with van der Waals surface area (Å²) in [6.07, 6.45) is 9.71. The molecule has 0 atom stereocenters. The number of anilines is 1. The van der Waals surface area contributed by atoms with Gasteiger partial charge < -0.3 is 4.74 Å². The van der Waals surface area contributed by atoms with E-state index < -0.39 is 17.8 Å². The zero-order valence-corrected chi connectivity index (χ0v) is 21.0. The van der Waals surface area contributed by atoms with Gasteiger partial charge in [0, 0.05) is 5.69 Å². The maximum atomic E-state index is 12.6. The van der Waals surface area contributed by atoms with Crippen LogP contribution in [-0.2, 0) is 10.9 Å². The van der Waals surface area contributed by atoms with Crippen molar-refractivity contribution in [1.29, 1.82) is 0 Å². The molecule has 0 bridgehead atoms. The number of hydrogen-bond donors (Lipinski definition) is 1. The Bertz CT molecular complexity index is 887. The van der Waals surface area contributed by atoms with Gasteiger partial charge in [0.25, 0.3) is 0 Å². The highest BCUT2D eigenvalue weighted by molar-refractivity contribution is 5.84. The van der Waals surface area contributed by atoms with E-state index >= 15 is 0 Å². The number of hydrogen-bond acceptors (Lipinski definition) is 2. The van der Waals surface area contributed by atoms with Gasteiger partial charge >= 0.3 is 12.3 Å². The van der Waals surface area contributed by atoms with Crippen LogP contribution in [0.3, 0.4) is 0 Å². The summed E-state index contributed by atoms with van der Waals surface area (Å²) in [5.74, 6) is 0. The Kier molecular flexibility index (Phi) is 13.1. The number of ether oxygens (including phenoxy) is 1. The standard InChI is InChI=1S/C28H38F3NO2/c1-21(2)9-6-10-22(3)11-7-12-23(4)13-8-14-24(5)19-20-34-27(33)32-26-17-15-25(16-18-26)28(29,30)31/h9,11,13,15-19H,6-8,10,12,14,20H2,1-5H3,(H,32,33)/b22-11+,23-13+,24-19+. The van der Waals surface area contributed by atoms with Crippen LogP contribution in [0, 0.1) is 0 Å². The van der Waals surface area contributed by atoms with Gasteiger partial charge in [-0.2, -0.15) is 13.2 Å². The van der Waals surface area contributed by atoms with Gasteiger partial charge in [-0.25, -0.2) is 4.79 Å². The zero-order chi connectivity index (χ0) is 25.6. The molecule has 0 aliphatic rings. The van der Waals surface area contributed by atoms with Crippen LogP contribution in [0.15, 0.2) is 70.9 Å². The fourth-order valence-corrected chi connectivity index (χ4v) is 3.14. The second kappa shape index (κ2) is 15.2. The summed E-state index contributed by atoms with van der Waals surface area (Å²) in [6, 6.07) is 4.22. The van der Waals surface area contributed by atoms with Gasteiger partial charge in [-0.05, 0) is 103 Å². The maximum Gasteiger partial charge on any atom is 0.416 e. The van der Waals surface area contributed by atoms with E-state index in [4.69, 9.17) is 4.74 Å². The van der Waals surface area contributed by atoms with Gasteiger partial charge in [-0.15, -0.1) is 0 Å². The highest BCUT2D eigenvalue weighted by atomic mass is 19.4. The molecule has 188 valence electrons. The highest BCUT2D eigenvalue weighted by Gasteiger charge is 2.29. The van der Waals surface area contributed by atoms with Crippen LogP contribution >= 0.6 is 0 Å². The third-order valence-electron chi connectivity index (χ3n) is 5.26. The molecule has 0 saturated carbocycles. The molecule has 1 aromatic carbocycles. The molecular formula is C28H38F3NO2. The average molecular weight is 478 g/mol. The number of amides is 1. The summed E-state index contributed by atoms with van der Waals surface area (Å²) in [5.41, 5.74) is 4.76. The Morgan fingerprint density at radius 1 is 0.794 bits per heavy atom. The lowest BCUT2D eigenvalue weighted by Gasteiger charge is -2.09. The third-order valence-corrected chi connectivity index (χ3v) is 5.26. The topological polar surface area (TPSA) is 38.3 Å². The molecule has 6 heteroatoms. The lowest BCUT2D eigenvalue weighted by molar-refractivity contribution is -0.137. The molecule has 0 aliphatic carbocycles. The Morgan fingerprint density at radius 2 is 1.26 bits per heavy atom. The lowest BCUT2D eigenvalue weighted by atomic mass is 10.0. The number of allylic oxidation sites excluding steroid dienone is 7. The fourth-order valence-electron chi connectivity index (χ4n) is 3.14. The van der Waals surface area contributed by atoms with E-state index in [1.807, 2.05) is 13.0 Å². The molecule has 1 rings (SSSR count). The summed E-state index contributed by atoms with van der Waals surface area (Å²) in [6.45, 7) is 10.7. The monoisotopic (exact) mass is 477 g/mol. The molecule has 0 unspecified atom stereocenters. The molecule has 0 aliphatic heterocycles. The van der Waals surface area contributed by atoms with Crippen LogP contribution in [0.5, 0.6) is 0 Å². The van der Waals surface area contributed by atoms with Gasteiger partial charge in [-0.3, -0.25) is 5.32 Å². The first kappa shape index (κ1) is 29.3. The molecule has 0 fully saturated rings. The van der Waals surface area contributed by atoms with E-state index in [0.29, 0.717) is 0 Å². The van der Waals surface area contributed by atoms with Gasteiger partial charge in [0.1, 0.15) is 6.61 Å². The second-order valence-electron chi connectivity index (χ2n) is 8.85. The predicted octanol–water partition coefficient (Wildman–Crippen LogP) is 9.40. The van der Waals surface area contributed by atoms with E-state index in [1.54, 1.807) is 0 Å². The van der Waals surface area contributed by atoms with Crippen molar-refractivity contribution in [2.45, 2.75) is 79.3 Å². The van der Waals surface area contributed by atoms with Crippen LogP contribution in [-0.4, -0.2) is 12.7 Å². The third kappa shape index (κ3) is 13.7. The Morgan fingerprint density at radius 3 is 1.74 bits per heavy atom. The van der Waals surface area contributed by atoms with Crippen molar-refractivity contribution in [3.05, 3.63) is 76.4 Å². The summed E-state index contributed by atoms with van der Waals surface area (Å²) in [5, 5.41) is 2.42. The van der Waals surface area contributed by atoms with Crippen molar-refractivity contribution < 1.29 is 22.7 Å². The Hall–Kier alpha value is -2.76. The molecule has 1 amide bonds. The SMILES string of the molecule is CC(C)=CCC/C(C)=C/CC/C(C)=C/CC/C(C)=C/COC(=O)Nc1ccc(C(F)(F)F)cc1. The van der Waals surface area contributed by atoms with Crippen LogP contribution in [0.4, 0.5) is 23.7 Å². The van der Waals surface area contributed by atoms with E-state index in [1.165, 1.54) is 28.9 Å². The molecule has 34 heavy (non-hydrogen) atoms. The molecule has 0 spiro atoms. The van der Waals surface area contributed by atoms with E-state index in [9.17, 15) is 18.0 Å². The van der Waals surface area contributed by atoms with Crippen LogP contribution in [0.2, 0.25) is 0 Å². The number of benzene rings is 1. The van der Waals surface area contributed by atoms with Crippen LogP contribution in [0.1, 0.15) is 78.7 Å². The Labute approximate surface area is 202 Å². The van der Waals surface area contributed by atoms with Crippen molar-refractivity contribution in [1.82, 2.24) is 0 Å². The minimum atomic E-state index is -4.41. The number of alkyl halides is 3. The first-order chi connectivity index (χ1) is 16.0. The van der Waals surface area contributed by atoms with Crippen LogP contribution < -0.4 is 5.32 Å². The molecular weight excluding hydrogens is 439 g/mol. The molecule has 0 saturated heterocycles. The number of rotatable bonds is 12. The maximum absolute atomic E-state index is 12.6. The van der Waals surface area contributed by atoms with Gasteiger partial charge in [-0.1, -0.05) is 40.5 Å². The predicted molar refractivity (Wildman–Crippen MR) is 135 cm³/mol. The van der Waals surface area contributed by atoms with Crippen LogP contribution in [0.25, 0.3) is 0 Å². The molecule has 1 aromatic rings. The number of nitrogens with one attached hydrogen (secondary N) is 1. The summed E-state index contributed by atoms with van der Waals surface area (Å²) < 4.78 is 42.8. The smallest absolute Gasteiger partial charge is 0.416 e. The van der Waals surface area contributed by atoms with Crippen molar-refractivity contribution in [2.24, 2.45) is 0 Å². The van der Waals surface area contributed by atoms with Crippen molar-refractivity contribution >= 4 is 11.8 Å². The van der Waals surface area contributed by atoms with Crippen molar-refractivity contribution in [2.75, 3.05) is 11.9 Å².